The summed E-state index contributed by atoms with van der Waals surface area (Å²) in [5.74, 6) is 0.0612. The maximum Gasteiger partial charge on any atom is 0.254 e. The summed E-state index contributed by atoms with van der Waals surface area (Å²) in [5, 5.41) is 4.53. The molecule has 0 saturated heterocycles. The summed E-state index contributed by atoms with van der Waals surface area (Å²) >= 11 is 0. The van der Waals surface area contributed by atoms with Crippen LogP contribution in [0.15, 0.2) is 36.5 Å². The molecule has 2 aromatic heterocycles. The Hall–Kier alpha value is -2.89. The van der Waals surface area contributed by atoms with Gasteiger partial charge in [-0.2, -0.15) is 5.10 Å². The third-order valence-corrected chi connectivity index (χ3v) is 4.67. The first-order chi connectivity index (χ1) is 12.0. The van der Waals surface area contributed by atoms with E-state index in [1.54, 1.807) is 0 Å². The first-order valence-electron chi connectivity index (χ1n) is 8.43. The number of carbonyl (C=O) groups excluding carboxylic acids is 1. The van der Waals surface area contributed by atoms with Crippen LogP contribution in [0.25, 0.3) is 5.65 Å². The van der Waals surface area contributed by atoms with Gasteiger partial charge in [-0.25, -0.2) is 9.50 Å². The highest BCUT2D eigenvalue weighted by atomic mass is 16.2. The summed E-state index contributed by atoms with van der Waals surface area (Å²) < 4.78 is 1.92. The van der Waals surface area contributed by atoms with E-state index in [0.717, 1.165) is 40.3 Å². The summed E-state index contributed by atoms with van der Waals surface area (Å²) in [4.78, 5) is 21.3. The van der Waals surface area contributed by atoms with E-state index in [9.17, 15) is 4.79 Å². The third-order valence-electron chi connectivity index (χ3n) is 4.67. The minimum atomic E-state index is 0.0612. The van der Waals surface area contributed by atoms with Crippen molar-refractivity contribution in [3.05, 3.63) is 59.0 Å². The summed E-state index contributed by atoms with van der Waals surface area (Å²) in [6.45, 7) is 3.23. The van der Waals surface area contributed by atoms with Gasteiger partial charge in [0.25, 0.3) is 5.91 Å². The van der Waals surface area contributed by atoms with Gasteiger partial charge in [0.1, 0.15) is 0 Å². The number of hydrogen-bond acceptors (Lipinski definition) is 4. The average molecular weight is 335 g/mol. The molecule has 0 spiro atoms. The van der Waals surface area contributed by atoms with E-state index >= 15 is 0 Å². The highest BCUT2D eigenvalue weighted by Crippen LogP contribution is 2.22. The average Bonchev–Trinajstić information content (AvgIpc) is 3.01. The molecular weight excluding hydrogens is 314 g/mol. The monoisotopic (exact) mass is 335 g/mol. The van der Waals surface area contributed by atoms with Gasteiger partial charge in [-0.15, -0.1) is 0 Å². The van der Waals surface area contributed by atoms with Crippen molar-refractivity contribution >= 4 is 17.2 Å². The fourth-order valence-corrected chi connectivity index (χ4v) is 3.33. The highest BCUT2D eigenvalue weighted by Gasteiger charge is 2.24. The van der Waals surface area contributed by atoms with Crippen LogP contribution in [0.3, 0.4) is 0 Å². The van der Waals surface area contributed by atoms with Crippen LogP contribution in [0.1, 0.15) is 27.3 Å². The molecule has 3 aromatic rings. The Morgan fingerprint density at radius 3 is 2.88 bits per heavy atom. The van der Waals surface area contributed by atoms with E-state index in [0.29, 0.717) is 13.1 Å². The minimum Gasteiger partial charge on any atom is -0.378 e. The normalized spacial score (nSPS) is 13.8. The molecule has 25 heavy (non-hydrogen) atoms. The van der Waals surface area contributed by atoms with Crippen molar-refractivity contribution < 1.29 is 4.79 Å². The van der Waals surface area contributed by atoms with Gasteiger partial charge >= 0.3 is 0 Å². The Morgan fingerprint density at radius 2 is 2.08 bits per heavy atom. The molecule has 1 amide bonds. The number of nitrogens with zero attached hydrogens (tertiary/aromatic N) is 5. The van der Waals surface area contributed by atoms with Crippen LogP contribution < -0.4 is 4.90 Å². The summed E-state index contributed by atoms with van der Waals surface area (Å²) in [5.41, 5.74) is 5.80. The van der Waals surface area contributed by atoms with Crippen LogP contribution in [0, 0.1) is 6.92 Å². The van der Waals surface area contributed by atoms with E-state index < -0.39 is 0 Å². The van der Waals surface area contributed by atoms with Crippen LogP contribution in [0.2, 0.25) is 0 Å². The molecule has 0 saturated carbocycles. The zero-order chi connectivity index (χ0) is 17.6. The van der Waals surface area contributed by atoms with Gasteiger partial charge < -0.3 is 9.80 Å². The summed E-state index contributed by atoms with van der Waals surface area (Å²) in [7, 11) is 3.95. The standard InChI is InChI=1S/C19H21N5O/c1-13-9-18-20-11-15-12-23(8-7-17(15)24(18)21-13)19(25)14-5-4-6-16(10-14)22(2)3/h4-6,9-11H,7-8,12H2,1-3H3. The zero-order valence-electron chi connectivity index (χ0n) is 14.7. The van der Waals surface area contributed by atoms with Crippen LogP contribution in [-0.4, -0.2) is 46.0 Å². The van der Waals surface area contributed by atoms with Gasteiger partial charge in [-0.1, -0.05) is 6.07 Å². The second-order valence-corrected chi connectivity index (χ2v) is 6.71. The third kappa shape index (κ3) is 2.73. The number of aromatic nitrogens is 3. The van der Waals surface area contributed by atoms with Crippen LogP contribution in [0.4, 0.5) is 5.69 Å². The molecule has 0 aliphatic carbocycles. The zero-order valence-corrected chi connectivity index (χ0v) is 14.7. The van der Waals surface area contributed by atoms with Gasteiger partial charge in [0.05, 0.1) is 11.4 Å². The van der Waals surface area contributed by atoms with Crippen LogP contribution in [0.5, 0.6) is 0 Å². The largest absolute Gasteiger partial charge is 0.378 e. The lowest BCUT2D eigenvalue weighted by atomic mass is 10.1. The number of benzene rings is 1. The predicted molar refractivity (Wildman–Crippen MR) is 96.9 cm³/mol. The molecule has 0 N–H and O–H groups in total. The van der Waals surface area contributed by atoms with E-state index in [-0.39, 0.29) is 5.91 Å². The number of aryl methyl sites for hydroxylation is 1. The smallest absolute Gasteiger partial charge is 0.254 e. The lowest BCUT2D eigenvalue weighted by molar-refractivity contribution is 0.0732. The van der Waals surface area contributed by atoms with Crippen molar-refractivity contribution in [2.75, 3.05) is 25.5 Å². The molecular formula is C19H21N5O. The molecule has 0 radical (unpaired) electrons. The van der Waals surface area contributed by atoms with Crippen molar-refractivity contribution in [3.63, 3.8) is 0 Å². The fourth-order valence-electron chi connectivity index (χ4n) is 3.33. The van der Waals surface area contributed by atoms with E-state index in [4.69, 9.17) is 0 Å². The molecule has 6 nitrogen and oxygen atoms in total. The highest BCUT2D eigenvalue weighted by molar-refractivity contribution is 5.95. The molecule has 128 valence electrons. The lowest BCUT2D eigenvalue weighted by Crippen LogP contribution is -2.37. The quantitative estimate of drug-likeness (QED) is 0.721. The molecule has 0 atom stereocenters. The van der Waals surface area contributed by atoms with Crippen molar-refractivity contribution in [3.8, 4) is 0 Å². The minimum absolute atomic E-state index is 0.0612. The predicted octanol–water partition coefficient (Wildman–Crippen LogP) is 2.30. The van der Waals surface area contributed by atoms with Gasteiger partial charge in [0.15, 0.2) is 5.65 Å². The summed E-state index contributed by atoms with van der Waals surface area (Å²) in [6, 6.07) is 9.73. The first kappa shape index (κ1) is 15.6. The Balaban J connectivity index is 1.63. The van der Waals surface area contributed by atoms with Gasteiger partial charge in [-0.05, 0) is 25.1 Å². The number of carbonyl (C=O) groups is 1. The Kier molecular flexibility index (Phi) is 3.67. The first-order valence-corrected chi connectivity index (χ1v) is 8.43. The van der Waals surface area contributed by atoms with Crippen molar-refractivity contribution in [2.24, 2.45) is 0 Å². The Morgan fingerprint density at radius 1 is 1.24 bits per heavy atom. The molecule has 1 aliphatic heterocycles. The van der Waals surface area contributed by atoms with Gasteiger partial charge in [0.2, 0.25) is 0 Å². The number of rotatable bonds is 2. The molecule has 1 aliphatic rings. The fraction of sp³-hybridized carbons (Fsp3) is 0.316. The molecule has 0 fully saturated rings. The number of hydrogen-bond donors (Lipinski definition) is 0. The lowest BCUT2D eigenvalue weighted by Gasteiger charge is -2.29. The maximum atomic E-state index is 12.9. The molecule has 4 rings (SSSR count). The molecule has 0 bridgehead atoms. The van der Waals surface area contributed by atoms with E-state index in [1.807, 2.05) is 71.9 Å². The number of anilines is 1. The molecule has 3 heterocycles. The van der Waals surface area contributed by atoms with Crippen molar-refractivity contribution in [1.82, 2.24) is 19.5 Å². The van der Waals surface area contributed by atoms with Crippen LogP contribution in [-0.2, 0) is 13.0 Å². The molecule has 1 aromatic carbocycles. The van der Waals surface area contributed by atoms with E-state index in [2.05, 4.69) is 10.1 Å². The second-order valence-electron chi connectivity index (χ2n) is 6.71. The number of fused-ring (bicyclic) bond motifs is 3. The van der Waals surface area contributed by atoms with Crippen molar-refractivity contribution in [2.45, 2.75) is 19.9 Å². The van der Waals surface area contributed by atoms with Gasteiger partial charge in [0, 0.05) is 62.7 Å². The summed E-state index contributed by atoms with van der Waals surface area (Å²) in [6.07, 6.45) is 2.66. The van der Waals surface area contributed by atoms with Gasteiger partial charge in [-0.3, -0.25) is 4.79 Å². The Bertz CT molecular complexity index is 960. The van der Waals surface area contributed by atoms with Crippen LogP contribution >= 0.6 is 0 Å². The molecule has 0 unspecified atom stereocenters. The SMILES string of the molecule is Cc1cc2ncc3c(n2n1)CCN(C(=O)c1cccc(N(C)C)c1)C3. The second kappa shape index (κ2) is 5.88. The molecule has 6 heteroatoms. The topological polar surface area (TPSA) is 53.7 Å². The van der Waals surface area contributed by atoms with E-state index in [1.165, 1.54) is 0 Å². The maximum absolute atomic E-state index is 12.9. The number of amides is 1. The Labute approximate surface area is 146 Å². The van der Waals surface area contributed by atoms with Crippen molar-refractivity contribution in [1.29, 1.82) is 0 Å².